The van der Waals surface area contributed by atoms with Gasteiger partial charge in [-0.25, -0.2) is 18.9 Å². The Hall–Kier alpha value is -3.42. The van der Waals surface area contributed by atoms with Gasteiger partial charge in [0.25, 0.3) is 5.70 Å². The van der Waals surface area contributed by atoms with Gasteiger partial charge in [-0.05, 0) is 61.3 Å². The zero-order chi connectivity index (χ0) is 26.9. The number of halogens is 2. The molecule has 2 aliphatic carbocycles. The van der Waals surface area contributed by atoms with Crippen molar-refractivity contribution in [3.05, 3.63) is 56.8 Å². The number of hydrogen-bond donors (Lipinski definition) is 1. The normalized spacial score (nSPS) is 20.1. The monoisotopic (exact) mass is 491 g/mol. The first-order valence-electron chi connectivity index (χ1n) is 12.5. The van der Waals surface area contributed by atoms with Crippen LogP contribution in [0.4, 0.5) is 8.78 Å². The minimum absolute atomic E-state index is 0.126. The number of unbranched alkanes of at least 4 members (excludes halogenated alkanes) is 4. The van der Waals surface area contributed by atoms with Crippen molar-refractivity contribution in [1.29, 1.82) is 15.8 Å². The summed E-state index contributed by atoms with van der Waals surface area (Å²) in [6.45, 7) is 15.8. The van der Waals surface area contributed by atoms with E-state index in [1.54, 1.807) is 0 Å². The maximum atomic E-state index is 15.0. The predicted molar refractivity (Wildman–Crippen MR) is 135 cm³/mol. The van der Waals surface area contributed by atoms with Crippen LogP contribution in [0.3, 0.4) is 0 Å². The van der Waals surface area contributed by atoms with Gasteiger partial charge in [0.1, 0.15) is 29.4 Å². The molecule has 0 aromatic heterocycles. The fourth-order valence-corrected chi connectivity index (χ4v) is 5.12. The molecule has 190 valence electrons. The summed E-state index contributed by atoms with van der Waals surface area (Å²) in [5.74, 6) is -0.828. The lowest BCUT2D eigenvalue weighted by atomic mass is 9.72. The van der Waals surface area contributed by atoms with Crippen LogP contribution in [0.2, 0.25) is 0 Å². The average Bonchev–Trinajstić information content (AvgIpc) is 2.81. The van der Waals surface area contributed by atoms with Crippen LogP contribution in [0.1, 0.15) is 91.9 Å². The van der Waals surface area contributed by atoms with Crippen molar-refractivity contribution in [3.8, 4) is 18.2 Å². The number of nitrogens with zero attached hydrogens (tertiary/aromatic N) is 4. The van der Waals surface area contributed by atoms with E-state index in [1.165, 1.54) is 0 Å². The minimum Gasteiger partial charge on any atom is -0.386 e. The molecule has 0 aliphatic heterocycles. The number of nitrogens with one attached hydrogen (secondary N) is 1. The molecule has 0 aromatic rings. The molecule has 0 amide bonds. The van der Waals surface area contributed by atoms with Crippen LogP contribution in [-0.2, 0) is 0 Å². The SMILES string of the molecule is [C-]#[N+]/C(C#N)=C1\CC(C)(C)CC(NCCCCCCCC2=C(F)C(=C(C#N)C#N)CC(C)(C)C2)=C1F. The van der Waals surface area contributed by atoms with Gasteiger partial charge in [0.15, 0.2) is 0 Å². The van der Waals surface area contributed by atoms with Crippen molar-refractivity contribution < 1.29 is 8.78 Å². The van der Waals surface area contributed by atoms with E-state index >= 15 is 0 Å². The Bertz CT molecular complexity index is 1030. The Kier molecular flexibility index (Phi) is 10.0. The lowest BCUT2D eigenvalue weighted by Gasteiger charge is -2.33. The van der Waals surface area contributed by atoms with Crippen LogP contribution < -0.4 is 5.32 Å². The summed E-state index contributed by atoms with van der Waals surface area (Å²) in [4.78, 5) is 3.20. The van der Waals surface area contributed by atoms with Crippen molar-refractivity contribution in [3.63, 3.8) is 0 Å². The lowest BCUT2D eigenvalue weighted by molar-refractivity contribution is 0.320. The van der Waals surface area contributed by atoms with Gasteiger partial charge in [-0.15, -0.1) is 0 Å². The lowest BCUT2D eigenvalue weighted by Crippen LogP contribution is -2.27. The van der Waals surface area contributed by atoms with Crippen LogP contribution in [0.25, 0.3) is 4.85 Å². The zero-order valence-corrected chi connectivity index (χ0v) is 21.8. The molecule has 2 rings (SSSR count). The maximum Gasteiger partial charge on any atom is 0.268 e. The first-order valence-corrected chi connectivity index (χ1v) is 12.5. The molecule has 0 saturated carbocycles. The van der Waals surface area contributed by atoms with Crippen molar-refractivity contribution >= 4 is 0 Å². The number of nitriles is 3. The average molecular weight is 492 g/mol. The van der Waals surface area contributed by atoms with E-state index in [0.29, 0.717) is 49.9 Å². The molecule has 0 saturated heterocycles. The second-order valence-corrected chi connectivity index (χ2v) is 11.3. The zero-order valence-electron chi connectivity index (χ0n) is 21.8. The van der Waals surface area contributed by atoms with E-state index in [0.717, 1.165) is 32.1 Å². The van der Waals surface area contributed by atoms with Crippen molar-refractivity contribution in [2.24, 2.45) is 10.8 Å². The summed E-state index contributed by atoms with van der Waals surface area (Å²) in [7, 11) is 0. The first-order chi connectivity index (χ1) is 17.0. The van der Waals surface area contributed by atoms with E-state index in [-0.39, 0.29) is 39.1 Å². The van der Waals surface area contributed by atoms with Gasteiger partial charge in [0.05, 0.1) is 12.6 Å². The number of allylic oxidation sites excluding steroid dienone is 8. The van der Waals surface area contributed by atoms with Gasteiger partial charge in [0, 0.05) is 23.4 Å². The van der Waals surface area contributed by atoms with E-state index < -0.39 is 5.83 Å². The van der Waals surface area contributed by atoms with Gasteiger partial charge >= 0.3 is 0 Å². The van der Waals surface area contributed by atoms with E-state index in [2.05, 4.69) is 10.2 Å². The molecule has 0 aromatic carbocycles. The Morgan fingerprint density at radius 2 is 1.42 bits per heavy atom. The summed E-state index contributed by atoms with van der Waals surface area (Å²) >= 11 is 0. The summed E-state index contributed by atoms with van der Waals surface area (Å²) in [5, 5.41) is 30.7. The number of hydrogen-bond acceptors (Lipinski definition) is 4. The maximum absolute atomic E-state index is 15.0. The van der Waals surface area contributed by atoms with Crippen LogP contribution in [0.15, 0.2) is 45.3 Å². The second-order valence-electron chi connectivity index (χ2n) is 11.3. The second kappa shape index (κ2) is 12.5. The Labute approximate surface area is 214 Å². The molecule has 0 spiro atoms. The standard InChI is InChI=1S/C29H35F2N5/c1-28(2)13-20(26(30)22(14-28)21(17-32)18-33)11-9-7-6-8-10-12-36-24-16-29(3,4)15-23(27(24)31)25(19-34)35-5/h36H,6-16H2,1-4H3/b25-23+. The summed E-state index contributed by atoms with van der Waals surface area (Å²) in [6, 6.07) is 5.48. The van der Waals surface area contributed by atoms with Crippen LogP contribution in [0, 0.1) is 51.4 Å². The van der Waals surface area contributed by atoms with Crippen molar-refractivity contribution in [1.82, 2.24) is 5.32 Å². The van der Waals surface area contributed by atoms with Gasteiger partial charge in [0.2, 0.25) is 0 Å². The van der Waals surface area contributed by atoms with Crippen LogP contribution in [0.5, 0.6) is 0 Å². The van der Waals surface area contributed by atoms with Gasteiger partial charge in [-0.2, -0.15) is 10.5 Å². The molecule has 0 bridgehead atoms. The van der Waals surface area contributed by atoms with E-state index in [1.807, 2.05) is 45.9 Å². The molecule has 1 N–H and O–H groups in total. The minimum atomic E-state index is -0.461. The van der Waals surface area contributed by atoms with Crippen molar-refractivity contribution in [2.45, 2.75) is 91.9 Å². The Balaban J connectivity index is 1.85. The van der Waals surface area contributed by atoms with Crippen LogP contribution in [-0.4, -0.2) is 6.54 Å². The van der Waals surface area contributed by atoms with Crippen molar-refractivity contribution in [2.75, 3.05) is 6.54 Å². The molecule has 5 nitrogen and oxygen atoms in total. The molecule has 0 atom stereocenters. The molecule has 7 heteroatoms. The fourth-order valence-electron chi connectivity index (χ4n) is 5.12. The van der Waals surface area contributed by atoms with E-state index in [4.69, 9.17) is 11.8 Å². The molecule has 0 fully saturated rings. The molecular formula is C29H35F2N5. The summed E-state index contributed by atoms with van der Waals surface area (Å²) in [6.07, 6.45) is 7.10. The smallest absolute Gasteiger partial charge is 0.268 e. The first kappa shape index (κ1) is 28.8. The highest BCUT2D eigenvalue weighted by atomic mass is 19.1. The molecule has 0 heterocycles. The Morgan fingerprint density at radius 3 is 2.03 bits per heavy atom. The summed E-state index contributed by atoms with van der Waals surface area (Å²) in [5.41, 5.74) is 0.916. The number of rotatable bonds is 9. The molecule has 2 aliphatic rings. The highest BCUT2D eigenvalue weighted by Crippen LogP contribution is 2.45. The highest BCUT2D eigenvalue weighted by molar-refractivity contribution is 5.50. The molecule has 0 unspecified atom stereocenters. The van der Waals surface area contributed by atoms with E-state index in [9.17, 15) is 19.3 Å². The quantitative estimate of drug-likeness (QED) is 0.201. The fraction of sp³-hybridized carbons (Fsp3) is 0.586. The third-order valence-corrected chi connectivity index (χ3v) is 6.79. The van der Waals surface area contributed by atoms with Gasteiger partial charge in [-0.1, -0.05) is 47.0 Å². The Morgan fingerprint density at radius 1 is 0.833 bits per heavy atom. The highest BCUT2D eigenvalue weighted by Gasteiger charge is 2.33. The van der Waals surface area contributed by atoms with Gasteiger partial charge < -0.3 is 5.32 Å². The molecular weight excluding hydrogens is 456 g/mol. The van der Waals surface area contributed by atoms with Gasteiger partial charge in [-0.3, -0.25) is 0 Å². The topological polar surface area (TPSA) is 87.8 Å². The predicted octanol–water partition coefficient (Wildman–Crippen LogP) is 8.00. The summed E-state index contributed by atoms with van der Waals surface area (Å²) < 4.78 is 29.9. The third kappa shape index (κ3) is 7.54. The largest absolute Gasteiger partial charge is 0.386 e. The molecule has 0 radical (unpaired) electrons. The molecule has 36 heavy (non-hydrogen) atoms. The third-order valence-electron chi connectivity index (χ3n) is 6.79. The van der Waals surface area contributed by atoms with Crippen LogP contribution >= 0.6 is 0 Å².